The van der Waals surface area contributed by atoms with E-state index in [1.54, 1.807) is 0 Å². The molecule has 0 spiro atoms. The van der Waals surface area contributed by atoms with E-state index in [4.69, 9.17) is 0 Å². The zero-order valence-electron chi connectivity index (χ0n) is 16.6. The summed E-state index contributed by atoms with van der Waals surface area (Å²) in [6.07, 6.45) is 3.78. The Morgan fingerprint density at radius 2 is 1.62 bits per heavy atom. The van der Waals surface area contributed by atoms with Gasteiger partial charge >= 0.3 is 0 Å². The number of phenols is 1. The zero-order valence-corrected chi connectivity index (χ0v) is 17.4. The Morgan fingerprint density at radius 1 is 1.08 bits per heavy atom. The molecule has 1 aromatic carbocycles. The van der Waals surface area contributed by atoms with Crippen LogP contribution in [0.2, 0.25) is 0 Å². The Hall–Kier alpha value is -0.670. The highest BCUT2D eigenvalue weighted by atomic mass is 32.2. The first-order valence-electron chi connectivity index (χ1n) is 9.32. The second-order valence-electron chi connectivity index (χ2n) is 9.12. The van der Waals surface area contributed by atoms with Crippen molar-refractivity contribution in [3.63, 3.8) is 0 Å². The Labute approximate surface area is 153 Å². The summed E-state index contributed by atoms with van der Waals surface area (Å²) in [4.78, 5) is 3.92. The highest BCUT2D eigenvalue weighted by Gasteiger charge is 2.29. The number of hydrogen-bond acceptors (Lipinski definition) is 3. The van der Waals surface area contributed by atoms with Crippen LogP contribution in [0.4, 0.5) is 0 Å². The van der Waals surface area contributed by atoms with Crippen molar-refractivity contribution in [2.24, 2.45) is 0 Å². The van der Waals surface area contributed by atoms with Gasteiger partial charge in [-0.3, -0.25) is 4.90 Å². The Balaban J connectivity index is 2.39. The molecule has 24 heavy (non-hydrogen) atoms. The molecule has 136 valence electrons. The van der Waals surface area contributed by atoms with Gasteiger partial charge in [0.2, 0.25) is 0 Å². The normalized spacial score (nSPS) is 19.9. The smallest absolute Gasteiger partial charge is 0.123 e. The maximum absolute atomic E-state index is 10.9. The van der Waals surface area contributed by atoms with Gasteiger partial charge in [-0.15, -0.1) is 11.8 Å². The molecule has 1 saturated heterocycles. The lowest BCUT2D eigenvalue weighted by atomic mass is 9.79. The number of hydrogen-bond donors (Lipinski definition) is 1. The molecule has 2 nitrogen and oxygen atoms in total. The Morgan fingerprint density at radius 3 is 2.08 bits per heavy atom. The first-order valence-corrected chi connectivity index (χ1v) is 10.2. The minimum Gasteiger partial charge on any atom is -0.507 e. The van der Waals surface area contributed by atoms with Gasteiger partial charge in [-0.2, -0.15) is 0 Å². The third-order valence-electron chi connectivity index (χ3n) is 4.79. The molecule has 0 saturated carbocycles. The third kappa shape index (κ3) is 4.49. The molecule has 1 heterocycles. The van der Waals surface area contributed by atoms with Crippen LogP contribution in [0, 0.1) is 0 Å². The van der Waals surface area contributed by atoms with Gasteiger partial charge in [0.15, 0.2) is 0 Å². The molecule has 0 aromatic heterocycles. The number of benzene rings is 1. The van der Waals surface area contributed by atoms with E-state index in [0.29, 0.717) is 11.1 Å². The summed E-state index contributed by atoms with van der Waals surface area (Å²) < 4.78 is 0. The minimum atomic E-state index is -0.0561. The molecule has 0 aliphatic carbocycles. The van der Waals surface area contributed by atoms with Gasteiger partial charge in [-0.05, 0) is 55.3 Å². The molecule has 1 atom stereocenters. The number of likely N-dealkylation sites (tertiary alicyclic amines) is 1. The summed E-state index contributed by atoms with van der Waals surface area (Å²) >= 11 is 1.98. The lowest BCUT2D eigenvalue weighted by molar-refractivity contribution is 0.318. The quantitative estimate of drug-likeness (QED) is 0.731. The van der Waals surface area contributed by atoms with E-state index in [1.807, 2.05) is 11.8 Å². The maximum Gasteiger partial charge on any atom is 0.123 e. The summed E-state index contributed by atoms with van der Waals surface area (Å²) in [7, 11) is 0. The number of nitrogens with zero attached hydrogens (tertiary/aromatic N) is 1. The van der Waals surface area contributed by atoms with E-state index in [1.165, 1.54) is 37.2 Å². The third-order valence-corrected chi connectivity index (χ3v) is 6.10. The van der Waals surface area contributed by atoms with E-state index in [2.05, 4.69) is 65.5 Å². The van der Waals surface area contributed by atoms with Gasteiger partial charge in [0.05, 0.1) is 5.37 Å². The van der Waals surface area contributed by atoms with Crippen LogP contribution in [-0.4, -0.2) is 28.5 Å². The molecular formula is C21H35NOS. The van der Waals surface area contributed by atoms with E-state index in [9.17, 15) is 5.11 Å². The van der Waals surface area contributed by atoms with Gasteiger partial charge in [0.25, 0.3) is 0 Å². The summed E-state index contributed by atoms with van der Waals surface area (Å²) in [5.41, 5.74) is 2.02. The topological polar surface area (TPSA) is 23.5 Å². The lowest BCUT2D eigenvalue weighted by Gasteiger charge is -2.29. The average Bonchev–Trinajstić information content (AvgIpc) is 2.86. The monoisotopic (exact) mass is 349 g/mol. The number of aromatic hydroxyl groups is 1. The largest absolute Gasteiger partial charge is 0.507 e. The molecule has 1 aliphatic rings. The number of rotatable bonds is 4. The van der Waals surface area contributed by atoms with Gasteiger partial charge in [0.1, 0.15) is 5.75 Å². The average molecular weight is 350 g/mol. The van der Waals surface area contributed by atoms with Crippen molar-refractivity contribution in [1.82, 2.24) is 4.90 Å². The Bertz CT molecular complexity index is 533. The summed E-state index contributed by atoms with van der Waals surface area (Å²) in [5, 5.41) is 11.4. The van der Waals surface area contributed by atoms with Crippen molar-refractivity contribution in [3.8, 4) is 5.75 Å². The van der Waals surface area contributed by atoms with Crippen molar-refractivity contribution in [3.05, 3.63) is 23.3 Å². The molecule has 1 aromatic rings. The molecule has 3 heteroatoms. The highest BCUT2D eigenvalue weighted by molar-refractivity contribution is 7.99. The second-order valence-corrected chi connectivity index (χ2v) is 10.4. The molecule has 1 fully saturated rings. The summed E-state index contributed by atoms with van der Waals surface area (Å²) in [6, 6.07) is 4.44. The van der Waals surface area contributed by atoms with Crippen molar-refractivity contribution in [2.45, 2.75) is 88.8 Å². The van der Waals surface area contributed by atoms with Gasteiger partial charge in [0, 0.05) is 16.0 Å². The summed E-state index contributed by atoms with van der Waals surface area (Å²) in [6.45, 7) is 17.8. The standard InChI is InChI=1S/C21H35NOS/c1-8-11-22-12-9-10-18(22)24-15-13-16(20(2,3)4)19(23)17(14-15)21(5,6)7/h13-14,18,23H,8-12H2,1-7H3. The van der Waals surface area contributed by atoms with E-state index in [0.717, 1.165) is 11.1 Å². The SMILES string of the molecule is CCCN1CCCC1Sc1cc(C(C)(C)C)c(O)c(C(C)(C)C)c1. The maximum atomic E-state index is 10.9. The van der Waals surface area contributed by atoms with Crippen LogP contribution in [-0.2, 0) is 10.8 Å². The van der Waals surface area contributed by atoms with E-state index < -0.39 is 0 Å². The summed E-state index contributed by atoms with van der Waals surface area (Å²) in [5.74, 6) is 0.483. The van der Waals surface area contributed by atoms with Crippen LogP contribution in [0.5, 0.6) is 5.75 Å². The molecule has 0 radical (unpaired) electrons. The van der Waals surface area contributed by atoms with Crippen molar-refractivity contribution >= 4 is 11.8 Å². The molecule has 1 aliphatic heterocycles. The fourth-order valence-electron chi connectivity index (χ4n) is 3.45. The second kappa shape index (κ2) is 7.29. The van der Waals surface area contributed by atoms with Crippen molar-refractivity contribution in [1.29, 1.82) is 0 Å². The molecular weight excluding hydrogens is 314 g/mol. The van der Waals surface area contributed by atoms with Gasteiger partial charge in [-0.1, -0.05) is 48.5 Å². The van der Waals surface area contributed by atoms with Crippen molar-refractivity contribution in [2.75, 3.05) is 13.1 Å². The lowest BCUT2D eigenvalue weighted by Crippen LogP contribution is -2.27. The first-order chi connectivity index (χ1) is 11.0. The Kier molecular flexibility index (Phi) is 5.97. The molecule has 0 bridgehead atoms. The predicted octanol–water partition coefficient (Wildman–Crippen LogP) is 5.91. The zero-order chi connectivity index (χ0) is 18.1. The van der Waals surface area contributed by atoms with Crippen LogP contribution in [0.25, 0.3) is 0 Å². The fraction of sp³-hybridized carbons (Fsp3) is 0.714. The highest BCUT2D eigenvalue weighted by Crippen LogP contribution is 2.43. The van der Waals surface area contributed by atoms with Gasteiger partial charge in [-0.25, -0.2) is 0 Å². The number of thioether (sulfide) groups is 1. The minimum absolute atomic E-state index is 0.0561. The first kappa shape index (κ1) is 19.7. The van der Waals surface area contributed by atoms with E-state index >= 15 is 0 Å². The van der Waals surface area contributed by atoms with Gasteiger partial charge < -0.3 is 5.11 Å². The predicted molar refractivity (Wildman–Crippen MR) is 106 cm³/mol. The van der Waals surface area contributed by atoms with Crippen LogP contribution in [0.15, 0.2) is 17.0 Å². The van der Waals surface area contributed by atoms with E-state index in [-0.39, 0.29) is 10.8 Å². The molecule has 0 amide bonds. The van der Waals surface area contributed by atoms with Crippen LogP contribution in [0.1, 0.15) is 78.9 Å². The van der Waals surface area contributed by atoms with Crippen LogP contribution >= 0.6 is 11.8 Å². The molecule has 1 N–H and O–H groups in total. The number of phenolic OH excluding ortho intramolecular Hbond substituents is 1. The van der Waals surface area contributed by atoms with Crippen molar-refractivity contribution < 1.29 is 5.11 Å². The fourth-order valence-corrected chi connectivity index (χ4v) is 4.78. The van der Waals surface area contributed by atoms with Crippen LogP contribution in [0.3, 0.4) is 0 Å². The molecule has 2 rings (SSSR count). The van der Waals surface area contributed by atoms with Crippen LogP contribution < -0.4 is 0 Å². The molecule has 1 unspecified atom stereocenters.